The van der Waals surface area contributed by atoms with Crippen LogP contribution in [0.25, 0.3) is 11.0 Å². The molecule has 0 radical (unpaired) electrons. The summed E-state index contributed by atoms with van der Waals surface area (Å²) in [6, 6.07) is 2.95. The first-order chi connectivity index (χ1) is 9.31. The quantitative estimate of drug-likeness (QED) is 0.786. The van der Waals surface area contributed by atoms with Crippen molar-refractivity contribution in [3.8, 4) is 0 Å². The number of fused-ring (bicyclic) bond motifs is 1. The Kier molecular flexibility index (Phi) is 4.34. The van der Waals surface area contributed by atoms with E-state index >= 15 is 0 Å². The summed E-state index contributed by atoms with van der Waals surface area (Å²) in [5, 5.41) is -0.376. The molecule has 0 fully saturated rings. The Morgan fingerprint density at radius 2 is 2.20 bits per heavy atom. The van der Waals surface area contributed by atoms with Gasteiger partial charge in [-0.25, -0.2) is 9.37 Å². The van der Waals surface area contributed by atoms with Crippen LogP contribution in [0.4, 0.5) is 4.39 Å². The van der Waals surface area contributed by atoms with E-state index in [9.17, 15) is 9.18 Å². The summed E-state index contributed by atoms with van der Waals surface area (Å²) >= 11 is 9.26. The van der Waals surface area contributed by atoms with Crippen molar-refractivity contribution in [2.45, 2.75) is 18.8 Å². The Balaban J connectivity index is 2.62. The molecule has 0 spiro atoms. The molecule has 7 heteroatoms. The van der Waals surface area contributed by atoms with Crippen LogP contribution in [0.1, 0.15) is 18.1 Å². The lowest BCUT2D eigenvalue weighted by atomic mass is 10.3. The van der Waals surface area contributed by atoms with Crippen molar-refractivity contribution < 1.29 is 9.18 Å². The van der Waals surface area contributed by atoms with Crippen molar-refractivity contribution >= 4 is 44.5 Å². The van der Waals surface area contributed by atoms with Crippen LogP contribution in [-0.4, -0.2) is 34.5 Å². The highest BCUT2D eigenvalue weighted by atomic mass is 79.9. The maximum Gasteiger partial charge on any atom is 0.242 e. The van der Waals surface area contributed by atoms with Crippen molar-refractivity contribution in [2.75, 3.05) is 14.1 Å². The van der Waals surface area contributed by atoms with Crippen molar-refractivity contribution in [1.82, 2.24) is 14.5 Å². The number of carbonyl (C=O) groups excluding carboxylic acids is 1. The average Bonchev–Trinajstić information content (AvgIpc) is 2.68. The summed E-state index contributed by atoms with van der Waals surface area (Å²) in [6.45, 7) is 1.89. The fraction of sp³-hybridized carbons (Fsp3) is 0.385. The van der Waals surface area contributed by atoms with Crippen LogP contribution in [0.2, 0.25) is 0 Å². The number of amides is 1. The number of hydrogen-bond acceptors (Lipinski definition) is 2. The molecule has 1 aromatic carbocycles. The molecular formula is C13H14BrClFN3O. The van der Waals surface area contributed by atoms with Gasteiger partial charge in [-0.05, 0) is 28.9 Å². The third kappa shape index (κ3) is 2.81. The lowest BCUT2D eigenvalue weighted by Gasteiger charge is -2.14. The van der Waals surface area contributed by atoms with Crippen LogP contribution in [0, 0.1) is 5.82 Å². The number of halogens is 3. The zero-order valence-corrected chi connectivity index (χ0v) is 13.7. The lowest BCUT2D eigenvalue weighted by molar-refractivity contribution is -0.129. The van der Waals surface area contributed by atoms with Crippen LogP contribution in [0.15, 0.2) is 16.6 Å². The Hall–Kier alpha value is -1.14. The largest absolute Gasteiger partial charge is 0.347 e. The van der Waals surface area contributed by atoms with Gasteiger partial charge in [0.15, 0.2) is 0 Å². The number of aromatic nitrogens is 2. The minimum atomic E-state index is -0.394. The maximum absolute atomic E-state index is 13.6. The van der Waals surface area contributed by atoms with Gasteiger partial charge in [0.2, 0.25) is 5.91 Å². The summed E-state index contributed by atoms with van der Waals surface area (Å²) < 4.78 is 15.6. The molecule has 1 atom stereocenters. The first kappa shape index (κ1) is 15.3. The average molecular weight is 363 g/mol. The molecule has 0 saturated heterocycles. The van der Waals surface area contributed by atoms with Gasteiger partial charge < -0.3 is 9.47 Å². The smallest absolute Gasteiger partial charge is 0.242 e. The second kappa shape index (κ2) is 5.69. The number of carbonyl (C=O) groups is 1. The van der Waals surface area contributed by atoms with Gasteiger partial charge in [0.1, 0.15) is 18.2 Å². The molecule has 0 aliphatic heterocycles. The molecular weight excluding hydrogens is 349 g/mol. The number of likely N-dealkylation sites (N-methyl/N-ethyl adjacent to an activating group) is 1. The van der Waals surface area contributed by atoms with E-state index in [1.54, 1.807) is 31.7 Å². The van der Waals surface area contributed by atoms with E-state index in [0.717, 1.165) is 0 Å². The monoisotopic (exact) mass is 361 g/mol. The molecule has 2 aromatic rings. The Morgan fingerprint density at radius 3 is 2.75 bits per heavy atom. The van der Waals surface area contributed by atoms with E-state index < -0.39 is 5.82 Å². The van der Waals surface area contributed by atoms with Gasteiger partial charge in [-0.2, -0.15) is 0 Å². The predicted octanol–water partition coefficient (Wildman–Crippen LogP) is 3.33. The highest BCUT2D eigenvalue weighted by Crippen LogP contribution is 2.28. The molecule has 0 saturated carbocycles. The van der Waals surface area contributed by atoms with Crippen molar-refractivity contribution in [2.24, 2.45) is 0 Å². The van der Waals surface area contributed by atoms with Crippen molar-refractivity contribution in [3.05, 3.63) is 28.2 Å². The van der Waals surface area contributed by atoms with Gasteiger partial charge >= 0.3 is 0 Å². The van der Waals surface area contributed by atoms with E-state index in [1.807, 2.05) is 0 Å². The SMILES string of the molecule is CC(Cl)c1nc2cc(F)c(Br)cc2n1CC(=O)N(C)C. The molecule has 20 heavy (non-hydrogen) atoms. The molecule has 1 amide bonds. The van der Waals surface area contributed by atoms with Crippen LogP contribution in [0.5, 0.6) is 0 Å². The summed E-state index contributed by atoms with van der Waals surface area (Å²) in [7, 11) is 3.36. The van der Waals surface area contributed by atoms with E-state index in [-0.39, 0.29) is 17.8 Å². The van der Waals surface area contributed by atoms with E-state index in [4.69, 9.17) is 11.6 Å². The second-order valence-electron chi connectivity index (χ2n) is 4.72. The fourth-order valence-corrected chi connectivity index (χ4v) is 2.38. The molecule has 4 nitrogen and oxygen atoms in total. The summed E-state index contributed by atoms with van der Waals surface area (Å²) in [6.07, 6.45) is 0. The van der Waals surface area contributed by atoms with E-state index in [0.29, 0.717) is 21.3 Å². The number of nitrogens with zero attached hydrogens (tertiary/aromatic N) is 3. The number of alkyl halides is 1. The third-order valence-corrected chi connectivity index (χ3v) is 3.77. The fourth-order valence-electron chi connectivity index (χ4n) is 1.89. The first-order valence-electron chi connectivity index (χ1n) is 6.00. The minimum absolute atomic E-state index is 0.0803. The number of hydrogen-bond donors (Lipinski definition) is 0. The zero-order valence-electron chi connectivity index (χ0n) is 11.3. The van der Waals surface area contributed by atoms with Crippen LogP contribution in [0.3, 0.4) is 0 Å². The molecule has 0 N–H and O–H groups in total. The lowest BCUT2D eigenvalue weighted by Crippen LogP contribution is -2.27. The van der Waals surface area contributed by atoms with Crippen molar-refractivity contribution in [3.63, 3.8) is 0 Å². The molecule has 0 aliphatic rings. The van der Waals surface area contributed by atoms with Gasteiger partial charge in [-0.1, -0.05) is 0 Å². The molecule has 0 bridgehead atoms. The Labute approximate surface area is 129 Å². The number of benzene rings is 1. The minimum Gasteiger partial charge on any atom is -0.347 e. The van der Waals surface area contributed by atoms with Crippen molar-refractivity contribution in [1.29, 1.82) is 0 Å². The first-order valence-corrected chi connectivity index (χ1v) is 7.23. The Bertz CT molecular complexity index is 669. The van der Waals surface area contributed by atoms with Gasteiger partial charge in [-0.15, -0.1) is 11.6 Å². The number of imidazole rings is 1. The van der Waals surface area contributed by atoms with Gasteiger partial charge in [-0.3, -0.25) is 4.79 Å². The normalized spacial score (nSPS) is 12.7. The van der Waals surface area contributed by atoms with E-state index in [2.05, 4.69) is 20.9 Å². The standard InChI is InChI=1S/C13H14BrClFN3O/c1-7(15)13-17-10-5-9(16)8(14)4-11(10)19(13)6-12(20)18(2)3/h4-5,7H,6H2,1-3H3. The highest BCUT2D eigenvalue weighted by molar-refractivity contribution is 9.10. The topological polar surface area (TPSA) is 38.1 Å². The van der Waals surface area contributed by atoms with Crippen LogP contribution >= 0.6 is 27.5 Å². The number of rotatable bonds is 3. The Morgan fingerprint density at radius 1 is 1.55 bits per heavy atom. The summed E-state index contributed by atoms with van der Waals surface area (Å²) in [5.41, 5.74) is 1.16. The van der Waals surface area contributed by atoms with Gasteiger partial charge in [0.05, 0.1) is 20.9 Å². The summed E-state index contributed by atoms with van der Waals surface area (Å²) in [4.78, 5) is 17.7. The van der Waals surface area contributed by atoms with Crippen LogP contribution in [-0.2, 0) is 11.3 Å². The molecule has 108 valence electrons. The maximum atomic E-state index is 13.6. The molecule has 2 rings (SSSR count). The van der Waals surface area contributed by atoms with E-state index in [1.165, 1.54) is 11.0 Å². The van der Waals surface area contributed by atoms with Crippen LogP contribution < -0.4 is 0 Å². The zero-order chi connectivity index (χ0) is 15.0. The predicted molar refractivity (Wildman–Crippen MR) is 80.4 cm³/mol. The summed E-state index contributed by atoms with van der Waals surface area (Å²) in [5.74, 6) is 0.0764. The second-order valence-corrected chi connectivity index (χ2v) is 6.22. The third-order valence-electron chi connectivity index (χ3n) is 2.97. The van der Waals surface area contributed by atoms with Gasteiger partial charge in [0.25, 0.3) is 0 Å². The highest BCUT2D eigenvalue weighted by Gasteiger charge is 2.19. The molecule has 1 aromatic heterocycles. The van der Waals surface area contributed by atoms with Gasteiger partial charge in [0, 0.05) is 20.2 Å². The molecule has 0 aliphatic carbocycles. The molecule has 1 heterocycles. The molecule has 1 unspecified atom stereocenters.